The van der Waals surface area contributed by atoms with Crippen molar-refractivity contribution in [3.63, 3.8) is 0 Å². The highest BCUT2D eigenvalue weighted by atomic mass is 32.2. The minimum Gasteiger partial charge on any atom is -0.497 e. The maximum absolute atomic E-state index is 12.3. The molecule has 6 nitrogen and oxygen atoms in total. The first-order valence-electron chi connectivity index (χ1n) is 7.48. The third kappa shape index (κ3) is 4.00. The second-order valence-corrected chi connectivity index (χ2v) is 5.94. The van der Waals surface area contributed by atoms with E-state index in [2.05, 4.69) is 10.2 Å². The van der Waals surface area contributed by atoms with Gasteiger partial charge in [0.05, 0.1) is 25.5 Å². The molecule has 2 aromatic carbocycles. The summed E-state index contributed by atoms with van der Waals surface area (Å²) in [5.74, 6) is 1.82. The van der Waals surface area contributed by atoms with Crippen LogP contribution in [0.4, 0.5) is 0 Å². The first-order chi connectivity index (χ1) is 12.2. The van der Waals surface area contributed by atoms with E-state index >= 15 is 0 Å². The van der Waals surface area contributed by atoms with Gasteiger partial charge in [0.25, 0.3) is 5.22 Å². The van der Waals surface area contributed by atoms with Crippen LogP contribution in [0.2, 0.25) is 0 Å². The number of methoxy groups -OCH3 is 2. The Labute approximate surface area is 149 Å². The van der Waals surface area contributed by atoms with Gasteiger partial charge < -0.3 is 13.9 Å². The number of nitrogens with zero attached hydrogens (tertiary/aromatic N) is 2. The van der Waals surface area contributed by atoms with Crippen molar-refractivity contribution in [2.45, 2.75) is 5.22 Å². The van der Waals surface area contributed by atoms with Crippen LogP contribution in [0.1, 0.15) is 10.4 Å². The molecule has 0 unspecified atom stereocenters. The van der Waals surface area contributed by atoms with Crippen molar-refractivity contribution in [1.29, 1.82) is 0 Å². The van der Waals surface area contributed by atoms with Crippen LogP contribution in [-0.2, 0) is 0 Å². The van der Waals surface area contributed by atoms with Gasteiger partial charge in [0.1, 0.15) is 11.5 Å². The quantitative estimate of drug-likeness (QED) is 0.472. The van der Waals surface area contributed by atoms with Gasteiger partial charge in [-0.05, 0) is 36.4 Å². The van der Waals surface area contributed by atoms with Crippen LogP contribution in [0, 0.1) is 0 Å². The SMILES string of the molecule is COc1ccc(-c2nnc(SCC(=O)c3ccccc3OC)o2)cc1. The molecule has 3 aromatic rings. The van der Waals surface area contributed by atoms with Crippen LogP contribution >= 0.6 is 11.8 Å². The molecule has 0 saturated heterocycles. The Balaban J connectivity index is 1.66. The van der Waals surface area contributed by atoms with Gasteiger partial charge in [-0.15, -0.1) is 10.2 Å². The first-order valence-corrected chi connectivity index (χ1v) is 8.46. The molecule has 0 radical (unpaired) electrons. The number of carbonyl (C=O) groups is 1. The molecule has 0 atom stereocenters. The Hall–Kier alpha value is -2.80. The second-order valence-electron chi connectivity index (χ2n) is 5.01. The van der Waals surface area contributed by atoms with Crippen LogP contribution in [0.3, 0.4) is 0 Å². The molecule has 0 spiro atoms. The third-order valence-electron chi connectivity index (χ3n) is 3.48. The van der Waals surface area contributed by atoms with Crippen LogP contribution in [0.15, 0.2) is 58.2 Å². The number of ketones is 1. The smallest absolute Gasteiger partial charge is 0.277 e. The van der Waals surface area contributed by atoms with Crippen molar-refractivity contribution in [2.24, 2.45) is 0 Å². The van der Waals surface area contributed by atoms with Crippen molar-refractivity contribution in [2.75, 3.05) is 20.0 Å². The lowest BCUT2D eigenvalue weighted by molar-refractivity contribution is 0.101. The fourth-order valence-electron chi connectivity index (χ4n) is 2.20. The van der Waals surface area contributed by atoms with Crippen molar-refractivity contribution in [1.82, 2.24) is 10.2 Å². The predicted octanol–water partition coefficient (Wildman–Crippen LogP) is 3.73. The molecule has 3 rings (SSSR count). The number of hydrogen-bond acceptors (Lipinski definition) is 7. The van der Waals surface area contributed by atoms with Crippen molar-refractivity contribution in [3.8, 4) is 23.0 Å². The molecule has 0 aliphatic carbocycles. The number of aromatic nitrogens is 2. The lowest BCUT2D eigenvalue weighted by Crippen LogP contribution is -2.04. The standard InChI is InChI=1S/C18H16N2O4S/c1-22-13-9-7-12(8-10-13)17-19-20-18(24-17)25-11-15(21)14-5-3-4-6-16(14)23-2/h3-10H,11H2,1-2H3. The Morgan fingerprint density at radius 3 is 2.52 bits per heavy atom. The molecule has 0 bridgehead atoms. The monoisotopic (exact) mass is 356 g/mol. The van der Waals surface area contributed by atoms with Gasteiger partial charge in [-0.25, -0.2) is 0 Å². The van der Waals surface area contributed by atoms with E-state index in [1.54, 1.807) is 32.4 Å². The largest absolute Gasteiger partial charge is 0.497 e. The zero-order valence-corrected chi connectivity index (χ0v) is 14.6. The number of rotatable bonds is 7. The maximum atomic E-state index is 12.3. The lowest BCUT2D eigenvalue weighted by Gasteiger charge is -2.05. The minimum absolute atomic E-state index is 0.0633. The summed E-state index contributed by atoms with van der Waals surface area (Å²) in [6, 6.07) is 14.4. The van der Waals surface area contributed by atoms with E-state index < -0.39 is 0 Å². The average molecular weight is 356 g/mol. The molecule has 0 amide bonds. The number of carbonyl (C=O) groups excluding carboxylic acids is 1. The molecular weight excluding hydrogens is 340 g/mol. The van der Waals surface area contributed by atoms with Gasteiger partial charge in [0.15, 0.2) is 5.78 Å². The minimum atomic E-state index is -0.0633. The molecular formula is C18H16N2O4S. The van der Waals surface area contributed by atoms with E-state index in [1.807, 2.05) is 30.3 Å². The number of thioether (sulfide) groups is 1. The van der Waals surface area contributed by atoms with E-state index in [0.717, 1.165) is 11.3 Å². The Kier molecular flexibility index (Phi) is 5.35. The normalized spacial score (nSPS) is 10.5. The zero-order valence-electron chi connectivity index (χ0n) is 13.8. The van der Waals surface area contributed by atoms with Crippen LogP contribution in [0.5, 0.6) is 11.5 Å². The van der Waals surface area contributed by atoms with E-state index in [1.165, 1.54) is 11.8 Å². The molecule has 1 heterocycles. The maximum Gasteiger partial charge on any atom is 0.277 e. The number of ether oxygens (including phenoxy) is 2. The summed E-state index contributed by atoms with van der Waals surface area (Å²) in [5, 5.41) is 8.33. The summed E-state index contributed by atoms with van der Waals surface area (Å²) >= 11 is 1.20. The summed E-state index contributed by atoms with van der Waals surface area (Å²) in [4.78, 5) is 12.3. The summed E-state index contributed by atoms with van der Waals surface area (Å²) in [7, 11) is 3.15. The van der Waals surface area contributed by atoms with E-state index in [-0.39, 0.29) is 11.5 Å². The fraction of sp³-hybridized carbons (Fsp3) is 0.167. The van der Waals surface area contributed by atoms with Crippen molar-refractivity contribution >= 4 is 17.5 Å². The topological polar surface area (TPSA) is 74.5 Å². The molecule has 128 valence electrons. The van der Waals surface area contributed by atoms with E-state index in [9.17, 15) is 4.79 Å². The molecule has 1 aromatic heterocycles. The summed E-state index contributed by atoms with van der Waals surface area (Å²) in [6.45, 7) is 0. The molecule has 7 heteroatoms. The summed E-state index contributed by atoms with van der Waals surface area (Å²) in [6.07, 6.45) is 0. The van der Waals surface area contributed by atoms with Crippen LogP contribution in [-0.4, -0.2) is 36.0 Å². The molecule has 0 aliphatic rings. The fourth-order valence-corrected chi connectivity index (χ4v) is 2.84. The molecule has 0 N–H and O–H groups in total. The Bertz CT molecular complexity index is 862. The average Bonchev–Trinajstić information content (AvgIpc) is 3.15. The van der Waals surface area contributed by atoms with Gasteiger partial charge in [0.2, 0.25) is 5.89 Å². The summed E-state index contributed by atoms with van der Waals surface area (Å²) < 4.78 is 15.9. The Morgan fingerprint density at radius 2 is 1.80 bits per heavy atom. The predicted molar refractivity (Wildman–Crippen MR) is 94.3 cm³/mol. The molecule has 0 aliphatic heterocycles. The summed E-state index contributed by atoms with van der Waals surface area (Å²) in [5.41, 5.74) is 1.32. The number of benzene rings is 2. The van der Waals surface area contributed by atoms with Gasteiger partial charge >= 0.3 is 0 Å². The zero-order chi connectivity index (χ0) is 17.6. The molecule has 0 fully saturated rings. The second kappa shape index (κ2) is 7.85. The van der Waals surface area contributed by atoms with E-state index in [4.69, 9.17) is 13.9 Å². The third-order valence-corrected chi connectivity index (χ3v) is 4.30. The van der Waals surface area contributed by atoms with Gasteiger partial charge in [-0.1, -0.05) is 23.9 Å². The highest BCUT2D eigenvalue weighted by molar-refractivity contribution is 7.99. The van der Waals surface area contributed by atoms with Crippen LogP contribution in [0.25, 0.3) is 11.5 Å². The van der Waals surface area contributed by atoms with E-state index in [0.29, 0.717) is 22.4 Å². The molecule has 0 saturated carbocycles. The van der Waals surface area contributed by atoms with Crippen LogP contribution < -0.4 is 9.47 Å². The van der Waals surface area contributed by atoms with Gasteiger partial charge in [0, 0.05) is 5.56 Å². The number of Topliss-reactive ketones (excluding diaryl/α,β-unsaturated/α-hetero) is 1. The van der Waals surface area contributed by atoms with Gasteiger partial charge in [-0.3, -0.25) is 4.79 Å². The van der Waals surface area contributed by atoms with Gasteiger partial charge in [-0.2, -0.15) is 0 Å². The number of hydrogen-bond donors (Lipinski definition) is 0. The number of para-hydroxylation sites is 1. The molecule has 25 heavy (non-hydrogen) atoms. The lowest BCUT2D eigenvalue weighted by atomic mass is 10.1. The first kappa shape index (κ1) is 17.0. The van der Waals surface area contributed by atoms with Crippen molar-refractivity contribution < 1.29 is 18.7 Å². The Morgan fingerprint density at radius 1 is 1.04 bits per heavy atom. The highest BCUT2D eigenvalue weighted by Gasteiger charge is 2.15. The highest BCUT2D eigenvalue weighted by Crippen LogP contribution is 2.26. The van der Waals surface area contributed by atoms with Crippen molar-refractivity contribution in [3.05, 3.63) is 54.1 Å².